The SMILES string of the molecule is Nc1cc(S(=O)(=O)O)ccc1[N+](=O)[O-]. The highest BCUT2D eigenvalue weighted by atomic mass is 32.2. The van der Waals surface area contributed by atoms with Gasteiger partial charge in [-0.05, 0) is 12.1 Å². The molecule has 0 spiro atoms. The summed E-state index contributed by atoms with van der Waals surface area (Å²) in [6.45, 7) is 0. The molecule has 0 aliphatic carbocycles. The normalized spacial score (nSPS) is 11.2. The molecular formula is C6H6N2O5S. The van der Waals surface area contributed by atoms with Crippen LogP contribution in [0.3, 0.4) is 0 Å². The van der Waals surface area contributed by atoms with Gasteiger partial charge in [0.05, 0.1) is 9.82 Å². The van der Waals surface area contributed by atoms with Gasteiger partial charge in [-0.2, -0.15) is 8.42 Å². The van der Waals surface area contributed by atoms with Crippen LogP contribution in [-0.4, -0.2) is 17.9 Å². The minimum Gasteiger partial charge on any atom is -0.393 e. The van der Waals surface area contributed by atoms with Gasteiger partial charge in [-0.15, -0.1) is 0 Å². The molecule has 0 aliphatic rings. The molecule has 0 radical (unpaired) electrons. The van der Waals surface area contributed by atoms with Crippen LogP contribution in [0.1, 0.15) is 0 Å². The van der Waals surface area contributed by atoms with E-state index in [1.54, 1.807) is 0 Å². The van der Waals surface area contributed by atoms with Crippen LogP contribution in [0.2, 0.25) is 0 Å². The van der Waals surface area contributed by atoms with E-state index in [-0.39, 0.29) is 5.69 Å². The molecule has 0 amide bonds. The zero-order chi connectivity index (χ0) is 10.9. The predicted octanol–water partition coefficient (Wildman–Crippen LogP) is 0.424. The number of anilines is 1. The van der Waals surface area contributed by atoms with Crippen molar-refractivity contribution in [1.82, 2.24) is 0 Å². The molecule has 76 valence electrons. The predicted molar refractivity (Wildman–Crippen MR) is 47.3 cm³/mol. The van der Waals surface area contributed by atoms with Gasteiger partial charge in [0.2, 0.25) is 0 Å². The van der Waals surface area contributed by atoms with Gasteiger partial charge in [-0.1, -0.05) is 0 Å². The van der Waals surface area contributed by atoms with Crippen molar-refractivity contribution in [2.75, 3.05) is 5.73 Å². The van der Waals surface area contributed by atoms with E-state index < -0.39 is 25.6 Å². The topological polar surface area (TPSA) is 124 Å². The molecule has 14 heavy (non-hydrogen) atoms. The first-order valence-corrected chi connectivity index (χ1v) is 4.78. The lowest BCUT2D eigenvalue weighted by Gasteiger charge is -1.99. The Hall–Kier alpha value is -1.67. The van der Waals surface area contributed by atoms with Crippen molar-refractivity contribution in [3.8, 4) is 0 Å². The maximum atomic E-state index is 10.6. The minimum atomic E-state index is -4.37. The zero-order valence-electron chi connectivity index (χ0n) is 6.75. The summed E-state index contributed by atoms with van der Waals surface area (Å²) in [5.74, 6) is 0. The number of nitro benzene ring substituents is 1. The van der Waals surface area contributed by atoms with Crippen molar-refractivity contribution in [2.45, 2.75) is 4.90 Å². The molecule has 1 aromatic rings. The number of nitrogens with two attached hydrogens (primary N) is 1. The molecule has 0 saturated heterocycles. The fourth-order valence-electron chi connectivity index (χ4n) is 0.859. The van der Waals surface area contributed by atoms with Crippen LogP contribution in [0.5, 0.6) is 0 Å². The van der Waals surface area contributed by atoms with Gasteiger partial charge in [0.15, 0.2) is 0 Å². The highest BCUT2D eigenvalue weighted by Gasteiger charge is 2.16. The van der Waals surface area contributed by atoms with Crippen molar-refractivity contribution >= 4 is 21.5 Å². The van der Waals surface area contributed by atoms with Gasteiger partial charge in [-0.3, -0.25) is 14.7 Å². The summed E-state index contributed by atoms with van der Waals surface area (Å²) in [4.78, 5) is 9.08. The Kier molecular flexibility index (Phi) is 2.41. The van der Waals surface area contributed by atoms with Gasteiger partial charge < -0.3 is 5.73 Å². The summed E-state index contributed by atoms with van der Waals surface area (Å²) in [7, 11) is -4.37. The van der Waals surface area contributed by atoms with Gasteiger partial charge in [0.25, 0.3) is 15.8 Å². The molecule has 0 heterocycles. The van der Waals surface area contributed by atoms with E-state index in [4.69, 9.17) is 10.3 Å². The summed E-state index contributed by atoms with van der Waals surface area (Å²) in [5, 5.41) is 10.3. The third-order valence-corrected chi connectivity index (χ3v) is 2.34. The van der Waals surface area contributed by atoms with E-state index in [1.165, 1.54) is 0 Å². The third-order valence-electron chi connectivity index (χ3n) is 1.49. The van der Waals surface area contributed by atoms with Gasteiger partial charge in [-0.25, -0.2) is 0 Å². The van der Waals surface area contributed by atoms with Crippen LogP contribution >= 0.6 is 0 Å². The smallest absolute Gasteiger partial charge is 0.294 e. The molecule has 3 N–H and O–H groups in total. The van der Waals surface area contributed by atoms with Crippen molar-refractivity contribution in [3.05, 3.63) is 28.3 Å². The van der Waals surface area contributed by atoms with E-state index in [0.717, 1.165) is 18.2 Å². The fourth-order valence-corrected chi connectivity index (χ4v) is 1.38. The fraction of sp³-hybridized carbons (Fsp3) is 0. The molecule has 0 saturated carbocycles. The van der Waals surface area contributed by atoms with Gasteiger partial charge in [0, 0.05) is 6.07 Å². The van der Waals surface area contributed by atoms with Crippen LogP contribution in [0, 0.1) is 10.1 Å². The summed E-state index contributed by atoms with van der Waals surface area (Å²) < 4.78 is 29.8. The molecule has 0 bridgehead atoms. The maximum Gasteiger partial charge on any atom is 0.294 e. The Morgan fingerprint density at radius 3 is 2.36 bits per heavy atom. The number of nitro groups is 1. The lowest BCUT2D eigenvalue weighted by Crippen LogP contribution is -2.01. The first-order chi connectivity index (χ1) is 6.32. The van der Waals surface area contributed by atoms with Crippen LogP contribution < -0.4 is 5.73 Å². The van der Waals surface area contributed by atoms with Crippen LogP contribution in [0.4, 0.5) is 11.4 Å². The third kappa shape index (κ3) is 1.98. The average Bonchev–Trinajstić information content (AvgIpc) is 2.01. The molecule has 0 aromatic heterocycles. The van der Waals surface area contributed by atoms with Crippen molar-refractivity contribution < 1.29 is 17.9 Å². The van der Waals surface area contributed by atoms with Crippen LogP contribution in [0.15, 0.2) is 23.1 Å². The van der Waals surface area contributed by atoms with Crippen molar-refractivity contribution in [1.29, 1.82) is 0 Å². The van der Waals surface area contributed by atoms with E-state index in [2.05, 4.69) is 0 Å². The number of hydrogen-bond acceptors (Lipinski definition) is 5. The molecule has 0 atom stereocenters. The van der Waals surface area contributed by atoms with Crippen molar-refractivity contribution in [3.63, 3.8) is 0 Å². The quantitative estimate of drug-likeness (QED) is 0.321. The minimum absolute atomic E-state index is 0.315. The zero-order valence-corrected chi connectivity index (χ0v) is 7.56. The number of hydrogen-bond donors (Lipinski definition) is 2. The number of benzene rings is 1. The first kappa shape index (κ1) is 10.4. The molecule has 8 heteroatoms. The Labute approximate surface area is 79.1 Å². The van der Waals surface area contributed by atoms with Crippen molar-refractivity contribution in [2.24, 2.45) is 0 Å². The van der Waals surface area contributed by atoms with E-state index in [1.807, 2.05) is 0 Å². The Bertz CT molecular complexity index is 481. The second-order valence-corrected chi connectivity index (χ2v) is 3.87. The number of rotatable bonds is 2. The highest BCUT2D eigenvalue weighted by molar-refractivity contribution is 7.85. The lowest BCUT2D eigenvalue weighted by atomic mass is 10.3. The summed E-state index contributed by atoms with van der Waals surface area (Å²) in [5.41, 5.74) is 4.48. The number of nitrogens with zero attached hydrogens (tertiary/aromatic N) is 1. The summed E-state index contributed by atoms with van der Waals surface area (Å²) in [6.07, 6.45) is 0. The molecule has 1 rings (SSSR count). The van der Waals surface area contributed by atoms with E-state index >= 15 is 0 Å². The average molecular weight is 218 g/mol. The van der Waals surface area contributed by atoms with Gasteiger partial charge in [0.1, 0.15) is 5.69 Å². The molecule has 0 aliphatic heterocycles. The first-order valence-electron chi connectivity index (χ1n) is 3.34. The standard InChI is InChI=1S/C6H6N2O5S/c7-5-3-4(14(11,12)13)1-2-6(5)8(9)10/h1-3H,7H2,(H,11,12,13). The van der Waals surface area contributed by atoms with E-state index in [9.17, 15) is 18.5 Å². The molecule has 1 aromatic carbocycles. The maximum absolute atomic E-state index is 10.6. The van der Waals surface area contributed by atoms with Crippen LogP contribution in [-0.2, 0) is 10.1 Å². The van der Waals surface area contributed by atoms with E-state index in [0.29, 0.717) is 0 Å². The largest absolute Gasteiger partial charge is 0.393 e. The summed E-state index contributed by atoms with van der Waals surface area (Å²) in [6, 6.07) is 2.65. The summed E-state index contributed by atoms with van der Waals surface area (Å²) >= 11 is 0. The molecule has 0 unspecified atom stereocenters. The Balaban J connectivity index is 3.34. The molecule has 7 nitrogen and oxygen atoms in total. The highest BCUT2D eigenvalue weighted by Crippen LogP contribution is 2.23. The second-order valence-electron chi connectivity index (χ2n) is 2.45. The molecule has 0 fully saturated rings. The lowest BCUT2D eigenvalue weighted by molar-refractivity contribution is -0.383. The second kappa shape index (κ2) is 3.24. The number of nitrogen functional groups attached to an aromatic ring is 1. The molecular weight excluding hydrogens is 212 g/mol. The Morgan fingerprint density at radius 1 is 1.43 bits per heavy atom. The van der Waals surface area contributed by atoms with Crippen LogP contribution in [0.25, 0.3) is 0 Å². The Morgan fingerprint density at radius 2 is 2.00 bits per heavy atom. The monoisotopic (exact) mass is 218 g/mol. The van der Waals surface area contributed by atoms with Gasteiger partial charge >= 0.3 is 0 Å².